The van der Waals surface area contributed by atoms with Gasteiger partial charge in [0.1, 0.15) is 0 Å². The molecule has 3 rings (SSSR count). The van der Waals surface area contributed by atoms with Crippen LogP contribution in [-0.4, -0.2) is 31.2 Å². The summed E-state index contributed by atoms with van der Waals surface area (Å²) >= 11 is 1.38. The van der Waals surface area contributed by atoms with Crippen molar-refractivity contribution < 1.29 is 4.79 Å². The average Bonchev–Trinajstić information content (AvgIpc) is 3.08. The van der Waals surface area contributed by atoms with Crippen LogP contribution in [0.2, 0.25) is 0 Å². The molecule has 0 saturated carbocycles. The summed E-state index contributed by atoms with van der Waals surface area (Å²) in [6, 6.07) is 14.0. The van der Waals surface area contributed by atoms with Gasteiger partial charge in [0.15, 0.2) is 5.78 Å². The number of aromatic nitrogens is 4. The lowest BCUT2D eigenvalue weighted by atomic mass is 9.86. The van der Waals surface area contributed by atoms with E-state index in [0.717, 1.165) is 16.8 Å². The molecule has 5 nitrogen and oxygen atoms in total. The van der Waals surface area contributed by atoms with E-state index in [1.807, 2.05) is 63.2 Å². The van der Waals surface area contributed by atoms with Gasteiger partial charge >= 0.3 is 0 Å². The standard InChI is InChI=1S/C22H26N4OS/c1-14-8-7-9-15(2)19(14)26-21(23-24-25-26)28-16(3)20(27)17-10-12-18(13-11-17)22(4,5)6/h7-13,16H,1-6H3/t16-/m0/s1. The van der Waals surface area contributed by atoms with Crippen LogP contribution in [0.3, 0.4) is 0 Å². The van der Waals surface area contributed by atoms with Gasteiger partial charge in [-0.1, -0.05) is 75.0 Å². The average molecular weight is 395 g/mol. The fourth-order valence-corrected chi connectivity index (χ4v) is 3.98. The molecule has 0 spiro atoms. The molecular weight excluding hydrogens is 368 g/mol. The first-order valence-electron chi connectivity index (χ1n) is 9.35. The van der Waals surface area contributed by atoms with Crippen molar-refractivity contribution in [1.29, 1.82) is 0 Å². The molecule has 1 atom stereocenters. The van der Waals surface area contributed by atoms with Gasteiger partial charge in [-0.3, -0.25) is 4.79 Å². The quantitative estimate of drug-likeness (QED) is 0.453. The number of nitrogens with zero attached hydrogens (tertiary/aromatic N) is 4. The van der Waals surface area contributed by atoms with Crippen LogP contribution in [0.15, 0.2) is 47.6 Å². The highest BCUT2D eigenvalue weighted by atomic mass is 32.2. The summed E-state index contributed by atoms with van der Waals surface area (Å²) in [6.45, 7) is 12.4. The van der Waals surface area contributed by atoms with E-state index in [-0.39, 0.29) is 16.4 Å². The smallest absolute Gasteiger partial charge is 0.214 e. The fourth-order valence-electron chi connectivity index (χ4n) is 3.11. The van der Waals surface area contributed by atoms with Crippen LogP contribution in [0.25, 0.3) is 5.69 Å². The van der Waals surface area contributed by atoms with E-state index in [9.17, 15) is 4.79 Å². The van der Waals surface area contributed by atoms with Crippen molar-refractivity contribution in [2.24, 2.45) is 0 Å². The van der Waals surface area contributed by atoms with Crippen LogP contribution in [-0.2, 0) is 5.41 Å². The molecule has 146 valence electrons. The molecule has 3 aromatic rings. The number of Topliss-reactive ketones (excluding diaryl/α,β-unsaturated/α-hetero) is 1. The molecule has 0 aliphatic carbocycles. The van der Waals surface area contributed by atoms with Gasteiger partial charge in [-0.15, -0.1) is 5.10 Å². The van der Waals surface area contributed by atoms with Crippen molar-refractivity contribution in [1.82, 2.24) is 20.2 Å². The van der Waals surface area contributed by atoms with Gasteiger partial charge in [-0.2, -0.15) is 4.68 Å². The van der Waals surface area contributed by atoms with Crippen LogP contribution >= 0.6 is 11.8 Å². The van der Waals surface area contributed by atoms with Gasteiger partial charge in [0.05, 0.1) is 10.9 Å². The number of ketones is 1. The molecule has 0 amide bonds. The molecule has 1 heterocycles. The maximum absolute atomic E-state index is 12.9. The number of thioether (sulfide) groups is 1. The summed E-state index contributed by atoms with van der Waals surface area (Å²) in [6.07, 6.45) is 0. The molecule has 0 aliphatic rings. The Morgan fingerprint density at radius 1 is 1.04 bits per heavy atom. The normalized spacial score (nSPS) is 12.8. The van der Waals surface area contributed by atoms with Gasteiger partial charge < -0.3 is 0 Å². The number of hydrogen-bond donors (Lipinski definition) is 0. The van der Waals surface area contributed by atoms with Crippen LogP contribution < -0.4 is 0 Å². The van der Waals surface area contributed by atoms with Crippen LogP contribution in [0.1, 0.15) is 54.7 Å². The lowest BCUT2D eigenvalue weighted by Gasteiger charge is -2.19. The Hall–Kier alpha value is -2.47. The van der Waals surface area contributed by atoms with Gasteiger partial charge in [-0.05, 0) is 53.3 Å². The number of benzene rings is 2. The first-order chi connectivity index (χ1) is 13.2. The van der Waals surface area contributed by atoms with Crippen molar-refractivity contribution in [2.45, 2.75) is 57.4 Å². The molecule has 0 aliphatic heterocycles. The Morgan fingerprint density at radius 3 is 2.21 bits per heavy atom. The number of tetrazole rings is 1. The third kappa shape index (κ3) is 4.17. The third-order valence-corrected chi connectivity index (χ3v) is 5.81. The number of carbonyl (C=O) groups excluding carboxylic acids is 1. The monoisotopic (exact) mass is 394 g/mol. The van der Waals surface area contributed by atoms with Crippen LogP contribution in [0.4, 0.5) is 0 Å². The van der Waals surface area contributed by atoms with Crippen molar-refractivity contribution in [3.63, 3.8) is 0 Å². The number of rotatable bonds is 5. The summed E-state index contributed by atoms with van der Waals surface area (Å²) in [7, 11) is 0. The van der Waals surface area contributed by atoms with Crippen molar-refractivity contribution in [2.75, 3.05) is 0 Å². The van der Waals surface area contributed by atoms with Crippen molar-refractivity contribution in [3.05, 3.63) is 64.7 Å². The molecular formula is C22H26N4OS. The summed E-state index contributed by atoms with van der Waals surface area (Å²) in [5.74, 6) is 0.0708. The zero-order valence-corrected chi connectivity index (χ0v) is 18.0. The second-order valence-electron chi connectivity index (χ2n) is 8.07. The highest BCUT2D eigenvalue weighted by molar-refractivity contribution is 8.00. The maximum atomic E-state index is 12.9. The summed E-state index contributed by atoms with van der Waals surface area (Å²) < 4.78 is 1.72. The maximum Gasteiger partial charge on any atom is 0.214 e. The van der Waals surface area contributed by atoms with Crippen molar-refractivity contribution >= 4 is 17.5 Å². The lowest BCUT2D eigenvalue weighted by Crippen LogP contribution is -2.16. The van der Waals surface area contributed by atoms with E-state index in [1.165, 1.54) is 17.3 Å². The molecule has 2 aromatic carbocycles. The predicted octanol–water partition coefficient (Wildman–Crippen LogP) is 4.94. The molecule has 0 radical (unpaired) electrons. The molecule has 0 fully saturated rings. The first kappa shape index (κ1) is 20.3. The van der Waals surface area contributed by atoms with E-state index in [4.69, 9.17) is 0 Å². The minimum Gasteiger partial charge on any atom is -0.293 e. The molecule has 1 aromatic heterocycles. The molecule has 0 N–H and O–H groups in total. The number of carbonyl (C=O) groups is 1. The van der Waals surface area contributed by atoms with E-state index in [1.54, 1.807) is 4.68 Å². The van der Waals surface area contributed by atoms with Crippen LogP contribution in [0, 0.1) is 13.8 Å². The summed E-state index contributed by atoms with van der Waals surface area (Å²) in [5, 5.41) is 12.5. The Kier molecular flexibility index (Phi) is 5.70. The molecule has 0 bridgehead atoms. The molecule has 0 saturated heterocycles. The van der Waals surface area contributed by atoms with Gasteiger partial charge in [-0.25, -0.2) is 0 Å². The van der Waals surface area contributed by atoms with Gasteiger partial charge in [0.25, 0.3) is 0 Å². The molecule has 6 heteroatoms. The Bertz CT molecular complexity index is 966. The molecule has 28 heavy (non-hydrogen) atoms. The largest absolute Gasteiger partial charge is 0.293 e. The number of para-hydroxylation sites is 1. The fraction of sp³-hybridized carbons (Fsp3) is 0.364. The topological polar surface area (TPSA) is 60.7 Å². The van der Waals surface area contributed by atoms with E-state index >= 15 is 0 Å². The third-order valence-electron chi connectivity index (χ3n) is 4.78. The minimum absolute atomic E-state index is 0.0649. The van der Waals surface area contributed by atoms with E-state index < -0.39 is 0 Å². The summed E-state index contributed by atoms with van der Waals surface area (Å²) in [5.41, 5.74) is 5.12. The number of hydrogen-bond acceptors (Lipinski definition) is 5. The number of aryl methyl sites for hydroxylation is 2. The zero-order chi connectivity index (χ0) is 20.5. The Balaban J connectivity index is 1.82. The Labute approximate surface area is 170 Å². The summed E-state index contributed by atoms with van der Waals surface area (Å²) in [4.78, 5) is 12.9. The highest BCUT2D eigenvalue weighted by Crippen LogP contribution is 2.28. The first-order valence-corrected chi connectivity index (χ1v) is 10.2. The van der Waals surface area contributed by atoms with E-state index in [0.29, 0.717) is 10.7 Å². The van der Waals surface area contributed by atoms with Gasteiger partial charge in [0, 0.05) is 5.56 Å². The zero-order valence-electron chi connectivity index (χ0n) is 17.2. The second kappa shape index (κ2) is 7.87. The molecule has 0 unspecified atom stereocenters. The van der Waals surface area contributed by atoms with Crippen molar-refractivity contribution in [3.8, 4) is 5.69 Å². The van der Waals surface area contributed by atoms with E-state index in [2.05, 4.69) is 36.3 Å². The lowest BCUT2D eigenvalue weighted by molar-refractivity contribution is 0.0994. The highest BCUT2D eigenvalue weighted by Gasteiger charge is 2.22. The second-order valence-corrected chi connectivity index (χ2v) is 9.37. The Morgan fingerprint density at radius 2 is 1.64 bits per heavy atom. The van der Waals surface area contributed by atoms with Crippen LogP contribution in [0.5, 0.6) is 0 Å². The SMILES string of the molecule is Cc1cccc(C)c1-n1nnnc1S[C@@H](C)C(=O)c1ccc(C(C)(C)C)cc1. The predicted molar refractivity (Wildman–Crippen MR) is 113 cm³/mol. The van der Waals surface area contributed by atoms with Gasteiger partial charge in [0.2, 0.25) is 5.16 Å². The minimum atomic E-state index is -0.297.